The van der Waals surface area contributed by atoms with E-state index in [1.165, 1.54) is 0 Å². The zero-order valence-electron chi connectivity index (χ0n) is 6.94. The van der Waals surface area contributed by atoms with Crippen molar-refractivity contribution in [3.63, 3.8) is 0 Å². The molecule has 0 aliphatic heterocycles. The van der Waals surface area contributed by atoms with E-state index in [1.807, 2.05) is 0 Å². The number of nitrogens with two attached hydrogens (primary N) is 1. The normalized spacial score (nSPS) is 28.2. The predicted molar refractivity (Wildman–Crippen MR) is 44.2 cm³/mol. The van der Waals surface area contributed by atoms with Gasteiger partial charge in [0.25, 0.3) is 0 Å². The molecule has 0 aromatic heterocycles. The second-order valence-electron chi connectivity index (χ2n) is 2.96. The van der Waals surface area contributed by atoms with E-state index in [2.05, 4.69) is 6.57 Å². The molecule has 0 aromatic carbocycles. The minimum Gasteiger partial charge on any atom is -0.481 e. The number of hydrogen-bond acceptors (Lipinski definition) is 3. The zero-order chi connectivity index (χ0) is 9.56. The minimum absolute atomic E-state index is 0.120. The van der Waals surface area contributed by atoms with Gasteiger partial charge in [0.1, 0.15) is 0 Å². The summed E-state index contributed by atoms with van der Waals surface area (Å²) in [4.78, 5) is 10.4. The number of aliphatic carboxylic acids is 1. The summed E-state index contributed by atoms with van der Waals surface area (Å²) in [5.74, 6) is -0.862. The van der Waals surface area contributed by atoms with Gasteiger partial charge in [-0.3, -0.25) is 4.79 Å². The lowest BCUT2D eigenvalue weighted by atomic mass is 9.86. The molecule has 0 spiro atoms. The van der Waals surface area contributed by atoms with E-state index in [1.54, 1.807) is 0 Å². The average Bonchev–Trinajstić information content (AvgIpc) is 2.08. The number of carboxylic acid groups (broad SMARTS) is 1. The maximum absolute atomic E-state index is 10.4. The van der Waals surface area contributed by atoms with Crippen molar-refractivity contribution < 1.29 is 9.90 Å². The molecule has 1 saturated carbocycles. The van der Waals surface area contributed by atoms with Gasteiger partial charge in [-0.1, -0.05) is 6.42 Å². The molecule has 68 valence electrons. The third-order valence-corrected chi connectivity index (χ3v) is 2.06. The van der Waals surface area contributed by atoms with Crippen LogP contribution in [-0.2, 0) is 4.79 Å². The summed E-state index contributed by atoms with van der Waals surface area (Å²) >= 11 is 0. The number of rotatable bonds is 1. The molecule has 1 aliphatic carbocycles. The number of nitrogens with zero attached hydrogens (tertiary/aromatic N) is 1. The molecule has 3 N–H and O–H groups in total. The highest BCUT2D eigenvalue weighted by Crippen LogP contribution is 2.22. The van der Waals surface area contributed by atoms with Gasteiger partial charge in [-0.2, -0.15) is 0 Å². The van der Waals surface area contributed by atoms with E-state index < -0.39 is 5.97 Å². The van der Waals surface area contributed by atoms with Gasteiger partial charge in [-0.15, -0.1) is 0 Å². The van der Waals surface area contributed by atoms with E-state index in [4.69, 9.17) is 16.1 Å². The van der Waals surface area contributed by atoms with Crippen LogP contribution in [0, 0.1) is 17.8 Å². The van der Waals surface area contributed by atoms with Gasteiger partial charge in [0, 0.05) is 12.6 Å². The quantitative estimate of drug-likeness (QED) is 0.607. The molecule has 2 atom stereocenters. The van der Waals surface area contributed by atoms with Crippen LogP contribution in [0.4, 0.5) is 0 Å². The summed E-state index contributed by atoms with van der Waals surface area (Å²) in [6.07, 6.45) is 3.43. The molecule has 12 heavy (non-hydrogen) atoms. The first-order chi connectivity index (χ1) is 5.70. The van der Waals surface area contributed by atoms with Crippen LogP contribution in [0.25, 0.3) is 0 Å². The Hall–Kier alpha value is -1.08. The fraction of sp³-hybridized carbons (Fsp3) is 0.750. The van der Waals surface area contributed by atoms with Crippen molar-refractivity contribution in [3.05, 3.63) is 0 Å². The summed E-state index contributed by atoms with van der Waals surface area (Å²) in [7, 11) is 0. The fourth-order valence-corrected chi connectivity index (χ4v) is 1.45. The molecule has 4 heteroatoms. The van der Waals surface area contributed by atoms with Gasteiger partial charge >= 0.3 is 5.97 Å². The van der Waals surface area contributed by atoms with E-state index >= 15 is 0 Å². The maximum Gasteiger partial charge on any atom is 0.306 e. The molecule has 0 heterocycles. The second-order valence-corrected chi connectivity index (χ2v) is 2.96. The van der Waals surface area contributed by atoms with Crippen LogP contribution in [0.3, 0.4) is 0 Å². The summed E-state index contributed by atoms with van der Waals surface area (Å²) in [5, 5.41) is 15.1. The van der Waals surface area contributed by atoms with Crippen molar-refractivity contribution in [1.82, 2.24) is 0 Å². The van der Waals surface area contributed by atoms with E-state index in [-0.39, 0.29) is 12.0 Å². The molecule has 0 bridgehead atoms. The van der Waals surface area contributed by atoms with Crippen LogP contribution in [0.2, 0.25) is 0 Å². The molecule has 1 rings (SSSR count). The first kappa shape index (κ1) is 10.9. The van der Waals surface area contributed by atoms with Crippen LogP contribution in [0.15, 0.2) is 0 Å². The fourth-order valence-electron chi connectivity index (χ4n) is 1.45. The van der Waals surface area contributed by atoms with Crippen molar-refractivity contribution in [2.24, 2.45) is 11.7 Å². The Balaban J connectivity index is 0.000000561. The van der Waals surface area contributed by atoms with Crippen molar-refractivity contribution in [2.45, 2.75) is 31.7 Å². The van der Waals surface area contributed by atoms with Crippen LogP contribution in [0.1, 0.15) is 25.7 Å². The number of carbonyl (C=O) groups is 1. The van der Waals surface area contributed by atoms with Gasteiger partial charge in [-0.25, -0.2) is 5.26 Å². The Kier molecular flexibility index (Phi) is 5.06. The molecule has 1 aliphatic rings. The Morgan fingerprint density at radius 2 is 2.08 bits per heavy atom. The van der Waals surface area contributed by atoms with E-state index in [0.717, 1.165) is 19.3 Å². The number of carboxylic acids is 1. The predicted octanol–water partition coefficient (Wildman–Crippen LogP) is 0.728. The third-order valence-electron chi connectivity index (χ3n) is 2.06. The molecule has 0 unspecified atom stereocenters. The topological polar surface area (TPSA) is 87.1 Å². The molecule has 1 fully saturated rings. The van der Waals surface area contributed by atoms with Crippen molar-refractivity contribution >= 4 is 5.97 Å². The highest BCUT2D eigenvalue weighted by atomic mass is 16.4. The van der Waals surface area contributed by atoms with Gasteiger partial charge in [-0.05, 0) is 19.3 Å². The number of nitriles is 1. The van der Waals surface area contributed by atoms with Crippen molar-refractivity contribution in [2.75, 3.05) is 0 Å². The second kappa shape index (κ2) is 5.56. The molecule has 0 radical (unpaired) electrons. The number of hydrogen-bond donors (Lipinski definition) is 2. The highest BCUT2D eigenvalue weighted by Gasteiger charge is 2.24. The van der Waals surface area contributed by atoms with Crippen LogP contribution in [-0.4, -0.2) is 17.1 Å². The summed E-state index contributed by atoms with van der Waals surface area (Å²) in [6.45, 7) is 3.50. The van der Waals surface area contributed by atoms with Crippen LogP contribution < -0.4 is 5.73 Å². The van der Waals surface area contributed by atoms with Gasteiger partial charge in [0.15, 0.2) is 0 Å². The minimum atomic E-state index is -0.685. The smallest absolute Gasteiger partial charge is 0.306 e. The third kappa shape index (κ3) is 3.35. The van der Waals surface area contributed by atoms with Crippen molar-refractivity contribution in [1.29, 1.82) is 5.26 Å². The zero-order valence-corrected chi connectivity index (χ0v) is 6.94. The van der Waals surface area contributed by atoms with Crippen molar-refractivity contribution in [3.8, 4) is 6.57 Å². The Labute approximate surface area is 72.0 Å². The van der Waals surface area contributed by atoms with Crippen LogP contribution >= 0.6 is 0 Å². The summed E-state index contributed by atoms with van der Waals surface area (Å²) in [5.41, 5.74) is 5.60. The van der Waals surface area contributed by atoms with Gasteiger partial charge in [0.2, 0.25) is 0 Å². The largest absolute Gasteiger partial charge is 0.481 e. The Bertz CT molecular complexity index is 168. The molecular weight excluding hydrogens is 156 g/mol. The summed E-state index contributed by atoms with van der Waals surface area (Å²) in [6, 6.07) is 0.120. The molecule has 0 amide bonds. The first-order valence-electron chi connectivity index (χ1n) is 3.94. The SMILES string of the molecule is C#N.N[C@@H]1CCC[C@H](C(=O)O)C1. The monoisotopic (exact) mass is 170 g/mol. The lowest BCUT2D eigenvalue weighted by Gasteiger charge is -2.22. The first-order valence-corrected chi connectivity index (χ1v) is 3.94. The molecular formula is C8H14N2O2. The highest BCUT2D eigenvalue weighted by molar-refractivity contribution is 5.70. The lowest BCUT2D eigenvalue weighted by Crippen LogP contribution is -2.31. The summed E-state index contributed by atoms with van der Waals surface area (Å²) < 4.78 is 0. The van der Waals surface area contributed by atoms with Gasteiger partial charge in [0.05, 0.1) is 5.92 Å². The molecule has 0 saturated heterocycles. The van der Waals surface area contributed by atoms with E-state index in [9.17, 15) is 4.79 Å². The molecule has 4 nitrogen and oxygen atoms in total. The molecule has 0 aromatic rings. The Morgan fingerprint density at radius 3 is 2.42 bits per heavy atom. The Morgan fingerprint density at radius 1 is 1.50 bits per heavy atom. The van der Waals surface area contributed by atoms with E-state index in [0.29, 0.717) is 6.42 Å². The van der Waals surface area contributed by atoms with Crippen LogP contribution in [0.5, 0.6) is 0 Å². The average molecular weight is 170 g/mol. The standard InChI is InChI=1S/C7H13NO2.CHN/c8-6-3-1-2-5(4-6)7(9)10;1-2/h5-6H,1-4,8H2,(H,9,10);1H/t5-,6+;/m0./s1. The maximum atomic E-state index is 10.4. The van der Waals surface area contributed by atoms with Gasteiger partial charge < -0.3 is 10.8 Å². The lowest BCUT2D eigenvalue weighted by molar-refractivity contribution is -0.142.